The molecule has 0 amide bonds. The lowest BCUT2D eigenvalue weighted by Crippen LogP contribution is -2.67. The summed E-state index contributed by atoms with van der Waals surface area (Å²) in [6, 6.07) is -2.37. The third-order valence-electron chi connectivity index (χ3n) is 4.14. The predicted molar refractivity (Wildman–Crippen MR) is 72.6 cm³/mol. The van der Waals surface area contributed by atoms with Gasteiger partial charge in [-0.3, -0.25) is 0 Å². The highest BCUT2D eigenvalue weighted by Gasteiger charge is 2.49. The van der Waals surface area contributed by atoms with Crippen molar-refractivity contribution in [2.75, 3.05) is 13.2 Å². The van der Waals surface area contributed by atoms with Crippen molar-refractivity contribution in [1.29, 1.82) is 0 Å². The molecule has 0 bridgehead atoms. The van der Waals surface area contributed by atoms with E-state index in [1.165, 1.54) is 0 Å². The van der Waals surface area contributed by atoms with Crippen molar-refractivity contribution in [2.45, 2.75) is 61.3 Å². The molecule has 23 heavy (non-hydrogen) atoms. The van der Waals surface area contributed by atoms with Crippen LogP contribution in [0.2, 0.25) is 0 Å². The van der Waals surface area contributed by atoms with Crippen molar-refractivity contribution in [3.8, 4) is 0 Å². The first-order chi connectivity index (χ1) is 10.8. The van der Waals surface area contributed by atoms with Gasteiger partial charge in [0.25, 0.3) is 0 Å². The Morgan fingerprint density at radius 3 is 1.96 bits per heavy atom. The van der Waals surface area contributed by atoms with Gasteiger partial charge in [0.1, 0.15) is 36.6 Å². The van der Waals surface area contributed by atoms with Crippen molar-refractivity contribution in [3.05, 3.63) is 0 Å². The lowest BCUT2D eigenvalue weighted by molar-refractivity contribution is -0.324. The number of rotatable bonds is 4. The zero-order valence-corrected chi connectivity index (χ0v) is 12.3. The molecule has 2 heterocycles. The Morgan fingerprint density at radius 2 is 1.39 bits per heavy atom. The largest absolute Gasteiger partial charge is 0.394 e. The standard InChI is InChI=1S/C12H24N2O9/c13-5-9(19)10(4(2-16)21-11(5)20)23-12-6(14)8(18)7(17)3(1-15)22-12/h3-12,15-20H,1-2,13-14H2/t3-,4-,5-,6-,7+,8-,9-,10-,11?,12+/m1/s1. The zero-order chi connectivity index (χ0) is 17.3. The van der Waals surface area contributed by atoms with Gasteiger partial charge in [0.15, 0.2) is 12.6 Å². The molecule has 0 radical (unpaired) electrons. The maximum Gasteiger partial charge on any atom is 0.176 e. The molecular formula is C12H24N2O9. The van der Waals surface area contributed by atoms with Gasteiger partial charge >= 0.3 is 0 Å². The first kappa shape index (κ1) is 18.9. The lowest BCUT2D eigenvalue weighted by atomic mass is 9.95. The molecule has 10 atom stereocenters. The fourth-order valence-corrected chi connectivity index (χ4v) is 2.65. The predicted octanol–water partition coefficient (Wildman–Crippen LogP) is -5.46. The second-order valence-corrected chi connectivity index (χ2v) is 5.70. The highest BCUT2D eigenvalue weighted by atomic mass is 16.7. The minimum Gasteiger partial charge on any atom is -0.394 e. The highest BCUT2D eigenvalue weighted by molar-refractivity contribution is 4.95. The molecule has 2 aliphatic heterocycles. The minimum absolute atomic E-state index is 0.581. The molecule has 2 rings (SSSR count). The molecule has 11 heteroatoms. The van der Waals surface area contributed by atoms with Gasteiger partial charge in [-0.05, 0) is 0 Å². The third-order valence-corrected chi connectivity index (χ3v) is 4.14. The van der Waals surface area contributed by atoms with Crippen LogP contribution in [-0.4, -0.2) is 105 Å². The van der Waals surface area contributed by atoms with E-state index in [1.54, 1.807) is 0 Å². The Balaban J connectivity index is 2.11. The summed E-state index contributed by atoms with van der Waals surface area (Å²) in [7, 11) is 0. The number of nitrogens with two attached hydrogens (primary N) is 2. The first-order valence-corrected chi connectivity index (χ1v) is 7.23. The van der Waals surface area contributed by atoms with Crippen LogP contribution in [0.3, 0.4) is 0 Å². The summed E-state index contributed by atoms with van der Waals surface area (Å²) in [5, 5.41) is 57.7. The van der Waals surface area contributed by atoms with E-state index in [0.717, 1.165) is 0 Å². The van der Waals surface area contributed by atoms with Crippen molar-refractivity contribution >= 4 is 0 Å². The van der Waals surface area contributed by atoms with Crippen LogP contribution in [0.1, 0.15) is 0 Å². The Bertz CT molecular complexity index is 386. The summed E-state index contributed by atoms with van der Waals surface area (Å²) in [6.07, 6.45) is -10.5. The van der Waals surface area contributed by atoms with Crippen molar-refractivity contribution in [1.82, 2.24) is 0 Å². The monoisotopic (exact) mass is 340 g/mol. The Kier molecular flexibility index (Phi) is 6.27. The average Bonchev–Trinajstić information content (AvgIpc) is 2.55. The lowest BCUT2D eigenvalue weighted by Gasteiger charge is -2.45. The number of aliphatic hydroxyl groups excluding tert-OH is 6. The van der Waals surface area contributed by atoms with Crippen LogP contribution in [-0.2, 0) is 14.2 Å². The fourth-order valence-electron chi connectivity index (χ4n) is 2.65. The van der Waals surface area contributed by atoms with E-state index < -0.39 is 74.5 Å². The summed E-state index contributed by atoms with van der Waals surface area (Å²) >= 11 is 0. The molecule has 0 aromatic carbocycles. The second kappa shape index (κ2) is 7.63. The number of aliphatic hydroxyl groups is 6. The van der Waals surface area contributed by atoms with Crippen LogP contribution < -0.4 is 11.5 Å². The molecule has 0 aliphatic carbocycles. The summed E-state index contributed by atoms with van der Waals surface area (Å²) < 4.78 is 15.8. The smallest absolute Gasteiger partial charge is 0.176 e. The molecular weight excluding hydrogens is 316 g/mol. The van der Waals surface area contributed by atoms with Crippen LogP contribution in [0.25, 0.3) is 0 Å². The maximum absolute atomic E-state index is 10.1. The molecule has 0 aromatic heterocycles. The Hall–Kier alpha value is -0.440. The first-order valence-electron chi connectivity index (χ1n) is 7.23. The van der Waals surface area contributed by atoms with Gasteiger partial charge in [-0.15, -0.1) is 0 Å². The van der Waals surface area contributed by atoms with Crippen LogP contribution in [0, 0.1) is 0 Å². The summed E-state index contributed by atoms with van der Waals surface area (Å²) in [5.41, 5.74) is 11.3. The maximum atomic E-state index is 10.1. The Labute approximate surface area is 132 Å². The van der Waals surface area contributed by atoms with Gasteiger partial charge in [-0.1, -0.05) is 0 Å². The van der Waals surface area contributed by atoms with Gasteiger partial charge < -0.3 is 56.3 Å². The minimum atomic E-state index is -1.49. The molecule has 10 N–H and O–H groups in total. The van der Waals surface area contributed by atoms with Gasteiger partial charge in [0.05, 0.1) is 25.3 Å². The van der Waals surface area contributed by atoms with Crippen molar-refractivity contribution < 1.29 is 44.8 Å². The van der Waals surface area contributed by atoms with E-state index in [1.807, 2.05) is 0 Å². The van der Waals surface area contributed by atoms with Crippen LogP contribution in [0.15, 0.2) is 0 Å². The Morgan fingerprint density at radius 1 is 0.783 bits per heavy atom. The number of hydrogen-bond acceptors (Lipinski definition) is 11. The second-order valence-electron chi connectivity index (χ2n) is 5.70. The van der Waals surface area contributed by atoms with Crippen LogP contribution >= 0.6 is 0 Å². The summed E-state index contributed by atoms with van der Waals surface area (Å²) in [6.45, 7) is -1.17. The van der Waals surface area contributed by atoms with Crippen molar-refractivity contribution in [2.24, 2.45) is 11.5 Å². The van der Waals surface area contributed by atoms with E-state index in [-0.39, 0.29) is 0 Å². The molecule has 1 unspecified atom stereocenters. The van der Waals surface area contributed by atoms with Crippen molar-refractivity contribution in [3.63, 3.8) is 0 Å². The van der Waals surface area contributed by atoms with Gasteiger partial charge in [0.2, 0.25) is 0 Å². The molecule has 136 valence electrons. The summed E-state index contributed by atoms with van der Waals surface area (Å²) in [5.74, 6) is 0. The molecule has 0 aromatic rings. The number of hydrogen-bond donors (Lipinski definition) is 8. The van der Waals surface area contributed by atoms with Gasteiger partial charge in [-0.25, -0.2) is 0 Å². The molecule has 2 aliphatic rings. The van der Waals surface area contributed by atoms with Crippen LogP contribution in [0.4, 0.5) is 0 Å². The molecule has 2 saturated heterocycles. The third kappa shape index (κ3) is 3.65. The van der Waals surface area contributed by atoms with E-state index in [0.29, 0.717) is 0 Å². The fraction of sp³-hybridized carbons (Fsp3) is 1.00. The van der Waals surface area contributed by atoms with E-state index in [9.17, 15) is 25.5 Å². The molecule has 0 saturated carbocycles. The van der Waals surface area contributed by atoms with Gasteiger partial charge in [0, 0.05) is 0 Å². The van der Waals surface area contributed by atoms with Gasteiger partial charge in [-0.2, -0.15) is 0 Å². The SMILES string of the molecule is N[C@H]1[C@H](O[C@H]2[C@H](O)[C@@H](N)C(O)O[C@@H]2CO)O[C@H](CO)[C@H](O)[C@@H]1O. The normalized spacial score (nSPS) is 51.7. The quantitative estimate of drug-likeness (QED) is 0.242. The molecule has 2 fully saturated rings. The van der Waals surface area contributed by atoms with E-state index >= 15 is 0 Å². The van der Waals surface area contributed by atoms with E-state index in [4.69, 9.17) is 30.8 Å². The topological polar surface area (TPSA) is 201 Å². The zero-order valence-electron chi connectivity index (χ0n) is 12.3. The highest BCUT2D eigenvalue weighted by Crippen LogP contribution is 2.27. The summed E-state index contributed by atoms with van der Waals surface area (Å²) in [4.78, 5) is 0. The number of ether oxygens (including phenoxy) is 3. The molecule has 11 nitrogen and oxygen atoms in total. The van der Waals surface area contributed by atoms with E-state index in [2.05, 4.69) is 0 Å². The van der Waals surface area contributed by atoms with Crippen LogP contribution in [0.5, 0.6) is 0 Å². The average molecular weight is 340 g/mol. The molecule has 0 spiro atoms.